The largest absolute Gasteiger partial charge is 0.451 e. The number of rotatable bonds is 6. The fourth-order valence-electron chi connectivity index (χ4n) is 3.73. The summed E-state index contributed by atoms with van der Waals surface area (Å²) in [7, 11) is 0. The summed E-state index contributed by atoms with van der Waals surface area (Å²) in [4.78, 5) is 16.7. The molecule has 0 aliphatic heterocycles. The number of carbonyl (C=O) groups is 1. The molecular formula is C25H20F5N5O2. The number of nitrogens with one attached hydrogen (secondary N) is 1. The molecule has 0 fully saturated rings. The molecule has 0 aliphatic carbocycles. The Kier molecular flexibility index (Phi) is 6.84. The van der Waals surface area contributed by atoms with Crippen LogP contribution in [-0.4, -0.2) is 20.7 Å². The standard InChI is InChI=1S/C25H20F5N5O2/c1-13(2)20-19(8-9-32-23(20)31)37-21-17(26)10-14(11-18(21)27)34-24(36)16-12-33-35(22(16)25(28,29)30)15-6-4-3-5-7-15/h3-13H,1-2H3,(H2,31,32)(H,34,36). The van der Waals surface area contributed by atoms with Crippen LogP contribution in [0, 0.1) is 11.6 Å². The molecule has 0 aliphatic rings. The van der Waals surface area contributed by atoms with E-state index in [9.17, 15) is 26.7 Å². The second kappa shape index (κ2) is 9.88. The van der Waals surface area contributed by atoms with Crippen molar-refractivity contribution < 1.29 is 31.5 Å². The molecule has 7 nitrogen and oxygen atoms in total. The van der Waals surface area contributed by atoms with Gasteiger partial charge in [-0.3, -0.25) is 4.79 Å². The summed E-state index contributed by atoms with van der Waals surface area (Å²) in [6.07, 6.45) is -2.90. The van der Waals surface area contributed by atoms with Gasteiger partial charge in [0.1, 0.15) is 11.6 Å². The molecule has 4 rings (SSSR count). The van der Waals surface area contributed by atoms with Crippen molar-refractivity contribution in [2.45, 2.75) is 25.9 Å². The first-order valence-corrected chi connectivity index (χ1v) is 10.9. The number of alkyl halides is 3. The summed E-state index contributed by atoms with van der Waals surface area (Å²) < 4.78 is 77.2. The minimum absolute atomic E-state index is 0.0741. The lowest BCUT2D eigenvalue weighted by Crippen LogP contribution is -2.20. The third-order valence-corrected chi connectivity index (χ3v) is 5.31. The maximum Gasteiger partial charge on any atom is 0.434 e. The number of anilines is 2. The Morgan fingerprint density at radius 1 is 1.08 bits per heavy atom. The molecule has 0 bridgehead atoms. The molecule has 192 valence electrons. The van der Waals surface area contributed by atoms with E-state index in [4.69, 9.17) is 10.5 Å². The van der Waals surface area contributed by atoms with Gasteiger partial charge in [0.15, 0.2) is 23.1 Å². The molecule has 4 aromatic rings. The minimum atomic E-state index is -4.95. The number of hydrogen-bond acceptors (Lipinski definition) is 5. The highest BCUT2D eigenvalue weighted by Crippen LogP contribution is 2.37. The Bertz CT molecular complexity index is 1430. The maximum absolute atomic E-state index is 14.8. The van der Waals surface area contributed by atoms with Crippen LogP contribution >= 0.6 is 0 Å². The van der Waals surface area contributed by atoms with Crippen LogP contribution in [0.3, 0.4) is 0 Å². The molecule has 1 amide bonds. The quantitative estimate of drug-likeness (QED) is 0.292. The van der Waals surface area contributed by atoms with E-state index in [0.29, 0.717) is 10.2 Å². The van der Waals surface area contributed by atoms with Crippen LogP contribution in [0.4, 0.5) is 33.5 Å². The van der Waals surface area contributed by atoms with Gasteiger partial charge in [0.05, 0.1) is 17.4 Å². The lowest BCUT2D eigenvalue weighted by molar-refractivity contribution is -0.143. The van der Waals surface area contributed by atoms with Gasteiger partial charge in [-0.05, 0) is 24.1 Å². The van der Waals surface area contributed by atoms with Crippen molar-refractivity contribution in [3.8, 4) is 17.2 Å². The van der Waals surface area contributed by atoms with Gasteiger partial charge in [-0.25, -0.2) is 18.4 Å². The third-order valence-electron chi connectivity index (χ3n) is 5.31. The van der Waals surface area contributed by atoms with Gasteiger partial charge in [0.2, 0.25) is 0 Å². The first-order chi connectivity index (χ1) is 17.5. The first kappa shape index (κ1) is 25.6. The predicted octanol–water partition coefficient (Wildman–Crippen LogP) is 6.31. The van der Waals surface area contributed by atoms with E-state index in [1.54, 1.807) is 19.9 Å². The highest BCUT2D eigenvalue weighted by Gasteiger charge is 2.40. The average molecular weight is 517 g/mol. The molecule has 2 heterocycles. The van der Waals surface area contributed by atoms with Gasteiger partial charge < -0.3 is 15.8 Å². The van der Waals surface area contributed by atoms with Crippen molar-refractivity contribution >= 4 is 17.4 Å². The predicted molar refractivity (Wildman–Crippen MR) is 126 cm³/mol. The number of nitrogen functional groups attached to an aromatic ring is 1. The smallest absolute Gasteiger partial charge is 0.434 e. The number of aromatic nitrogens is 3. The molecule has 0 saturated carbocycles. The van der Waals surface area contributed by atoms with E-state index in [1.807, 2.05) is 0 Å². The van der Waals surface area contributed by atoms with Gasteiger partial charge in [-0.15, -0.1) is 0 Å². The van der Waals surface area contributed by atoms with E-state index in [-0.39, 0.29) is 23.2 Å². The fraction of sp³-hybridized carbons (Fsp3) is 0.160. The molecule has 2 aromatic heterocycles. The average Bonchev–Trinajstić information content (AvgIpc) is 3.28. The summed E-state index contributed by atoms with van der Waals surface area (Å²) in [5.74, 6) is -4.39. The number of pyridine rings is 1. The van der Waals surface area contributed by atoms with Gasteiger partial charge >= 0.3 is 6.18 Å². The molecule has 0 spiro atoms. The Labute approximate surface area is 207 Å². The van der Waals surface area contributed by atoms with Crippen LogP contribution in [0.2, 0.25) is 0 Å². The number of halogens is 5. The van der Waals surface area contributed by atoms with Crippen LogP contribution in [0.1, 0.15) is 41.4 Å². The van der Waals surface area contributed by atoms with Gasteiger partial charge in [-0.2, -0.15) is 18.3 Å². The van der Waals surface area contributed by atoms with Crippen molar-refractivity contribution in [3.05, 3.63) is 89.4 Å². The molecule has 0 atom stereocenters. The summed E-state index contributed by atoms with van der Waals surface area (Å²) in [6.45, 7) is 3.58. The van der Waals surface area contributed by atoms with E-state index < -0.39 is 46.4 Å². The Hall–Kier alpha value is -4.48. The molecule has 0 unspecified atom stereocenters. The monoisotopic (exact) mass is 517 g/mol. The van der Waals surface area contributed by atoms with Crippen LogP contribution in [-0.2, 0) is 6.18 Å². The summed E-state index contributed by atoms with van der Waals surface area (Å²) >= 11 is 0. The van der Waals surface area contributed by atoms with Crippen LogP contribution in [0.5, 0.6) is 11.5 Å². The number of para-hydroxylation sites is 1. The zero-order chi connectivity index (χ0) is 26.9. The second-order valence-electron chi connectivity index (χ2n) is 8.24. The Balaban J connectivity index is 1.64. The molecular weight excluding hydrogens is 497 g/mol. The van der Waals surface area contributed by atoms with Crippen molar-refractivity contribution in [3.63, 3.8) is 0 Å². The normalized spacial score (nSPS) is 11.6. The van der Waals surface area contributed by atoms with Crippen LogP contribution in [0.15, 0.2) is 60.9 Å². The maximum atomic E-state index is 14.8. The number of carbonyl (C=O) groups excluding carboxylic acids is 1. The van der Waals surface area contributed by atoms with Crippen LogP contribution in [0.25, 0.3) is 5.69 Å². The van der Waals surface area contributed by atoms with Crippen molar-refractivity contribution in [2.75, 3.05) is 11.1 Å². The number of hydrogen-bond donors (Lipinski definition) is 2. The minimum Gasteiger partial charge on any atom is -0.451 e. The zero-order valence-electron chi connectivity index (χ0n) is 19.5. The number of ether oxygens (including phenoxy) is 1. The number of nitrogens with zero attached hydrogens (tertiary/aromatic N) is 3. The van der Waals surface area contributed by atoms with Gasteiger partial charge in [0.25, 0.3) is 5.91 Å². The van der Waals surface area contributed by atoms with Crippen molar-refractivity contribution in [1.29, 1.82) is 0 Å². The highest BCUT2D eigenvalue weighted by atomic mass is 19.4. The van der Waals surface area contributed by atoms with Gasteiger partial charge in [0, 0.05) is 29.6 Å². The zero-order valence-corrected chi connectivity index (χ0v) is 19.5. The van der Waals surface area contributed by atoms with Crippen molar-refractivity contribution in [1.82, 2.24) is 14.8 Å². The number of amides is 1. The Morgan fingerprint density at radius 2 is 1.73 bits per heavy atom. The van der Waals surface area contributed by atoms with Crippen LogP contribution < -0.4 is 15.8 Å². The lowest BCUT2D eigenvalue weighted by atomic mass is 10.0. The molecule has 3 N–H and O–H groups in total. The van der Waals surface area contributed by atoms with Gasteiger partial charge in [-0.1, -0.05) is 32.0 Å². The highest BCUT2D eigenvalue weighted by molar-refractivity contribution is 6.05. The lowest BCUT2D eigenvalue weighted by Gasteiger charge is -2.16. The first-order valence-electron chi connectivity index (χ1n) is 10.9. The molecule has 12 heteroatoms. The van der Waals surface area contributed by atoms with Crippen molar-refractivity contribution in [2.24, 2.45) is 0 Å². The Morgan fingerprint density at radius 3 is 2.32 bits per heavy atom. The molecule has 2 aromatic carbocycles. The topological polar surface area (TPSA) is 95.1 Å². The van der Waals surface area contributed by atoms with E-state index in [0.717, 1.165) is 18.3 Å². The summed E-state index contributed by atoms with van der Waals surface area (Å²) in [6, 6.07) is 10.2. The molecule has 0 saturated heterocycles. The van der Waals surface area contributed by atoms with E-state index in [1.165, 1.54) is 36.5 Å². The fourth-order valence-corrected chi connectivity index (χ4v) is 3.73. The third kappa shape index (κ3) is 5.22. The summed E-state index contributed by atoms with van der Waals surface area (Å²) in [5.41, 5.74) is 3.78. The molecule has 37 heavy (non-hydrogen) atoms. The number of benzene rings is 2. The van der Waals surface area contributed by atoms with E-state index in [2.05, 4.69) is 15.4 Å². The number of nitrogens with two attached hydrogens (primary N) is 1. The SMILES string of the molecule is CC(C)c1c(Oc2c(F)cc(NC(=O)c3cnn(-c4ccccc4)c3C(F)(F)F)cc2F)ccnc1N. The summed E-state index contributed by atoms with van der Waals surface area (Å²) in [5, 5.41) is 5.78. The second-order valence-corrected chi connectivity index (χ2v) is 8.24. The van der Waals surface area contributed by atoms with E-state index >= 15 is 0 Å². The molecule has 0 radical (unpaired) electrons.